The van der Waals surface area contributed by atoms with E-state index in [1.165, 1.54) is 18.2 Å². The van der Waals surface area contributed by atoms with E-state index in [4.69, 9.17) is 26.8 Å². The summed E-state index contributed by atoms with van der Waals surface area (Å²) in [6.07, 6.45) is -4.84. The number of ether oxygens (including phenoxy) is 2. The van der Waals surface area contributed by atoms with Gasteiger partial charge in [0.1, 0.15) is 11.9 Å². The molecule has 1 aromatic heterocycles. The number of halogens is 4. The lowest BCUT2D eigenvalue weighted by Crippen LogP contribution is -2.41. The van der Waals surface area contributed by atoms with Crippen LogP contribution in [0.1, 0.15) is 37.9 Å². The van der Waals surface area contributed by atoms with Crippen LogP contribution in [-0.4, -0.2) is 54.4 Å². The number of nitrogen functional groups attached to an aromatic ring is 1. The summed E-state index contributed by atoms with van der Waals surface area (Å²) in [7, 11) is 0. The number of aromatic nitrogens is 2. The monoisotopic (exact) mass is 589 g/mol. The molecule has 2 aliphatic heterocycles. The second-order valence-electron chi connectivity index (χ2n) is 10.4. The van der Waals surface area contributed by atoms with Crippen molar-refractivity contribution in [2.75, 3.05) is 36.9 Å². The number of nitrogens with zero attached hydrogens (tertiary/aromatic N) is 3. The number of nitrogens with one attached hydrogen (secondary N) is 1. The molecule has 0 aliphatic carbocycles. The highest BCUT2D eigenvalue weighted by Gasteiger charge is 2.46. The van der Waals surface area contributed by atoms with Gasteiger partial charge in [-0.15, -0.1) is 0 Å². The zero-order valence-corrected chi connectivity index (χ0v) is 23.2. The summed E-state index contributed by atoms with van der Waals surface area (Å²) in [5.74, 6) is -0.319. The molecule has 2 atom stereocenters. The highest BCUT2D eigenvalue weighted by Crippen LogP contribution is 2.43. The second kappa shape index (κ2) is 11.7. The van der Waals surface area contributed by atoms with Gasteiger partial charge in [0.05, 0.1) is 6.61 Å². The van der Waals surface area contributed by atoms with Crippen molar-refractivity contribution in [2.45, 2.75) is 44.5 Å². The molecule has 218 valence electrons. The quantitative estimate of drug-likeness (QED) is 0.345. The summed E-state index contributed by atoms with van der Waals surface area (Å²) in [5.41, 5.74) is 6.67. The van der Waals surface area contributed by atoms with Crippen LogP contribution in [0.3, 0.4) is 0 Å². The maximum Gasteiger partial charge on any atom is 0.429 e. The fourth-order valence-electron chi connectivity index (χ4n) is 5.64. The van der Waals surface area contributed by atoms with Gasteiger partial charge in [-0.25, -0.2) is 0 Å². The number of carbonyl (C=O) groups excluding carboxylic acids is 1. The van der Waals surface area contributed by atoms with Crippen molar-refractivity contribution in [1.82, 2.24) is 15.3 Å². The fraction of sp³-hybridized carbons (Fsp3) is 0.414. The fourth-order valence-corrected chi connectivity index (χ4v) is 5.83. The molecule has 1 spiro atoms. The SMILES string of the molecule is CCOC(=O)C1CC2(CCN(c3cc(O[C@H](c4ccccc4-c4cccc(Cl)c4)C(F)(F)F)nc(N)n3)CC2)CN1. The molecular formula is C29H31ClF3N5O3. The van der Waals surface area contributed by atoms with Crippen molar-refractivity contribution < 1.29 is 27.4 Å². The molecular weight excluding hydrogens is 559 g/mol. The van der Waals surface area contributed by atoms with E-state index in [0.717, 1.165) is 12.8 Å². The predicted molar refractivity (Wildman–Crippen MR) is 150 cm³/mol. The van der Waals surface area contributed by atoms with E-state index in [1.54, 1.807) is 43.3 Å². The maximum atomic E-state index is 14.5. The molecule has 3 heterocycles. The topological polar surface area (TPSA) is 103 Å². The van der Waals surface area contributed by atoms with Gasteiger partial charge in [-0.2, -0.15) is 23.1 Å². The highest BCUT2D eigenvalue weighted by molar-refractivity contribution is 6.30. The van der Waals surface area contributed by atoms with E-state index in [-0.39, 0.29) is 34.8 Å². The number of anilines is 2. The largest absolute Gasteiger partial charge is 0.465 e. The number of hydrogen-bond acceptors (Lipinski definition) is 8. The van der Waals surface area contributed by atoms with Gasteiger partial charge in [0.25, 0.3) is 0 Å². The first-order valence-corrected chi connectivity index (χ1v) is 13.8. The zero-order chi connectivity index (χ0) is 29.2. The molecule has 0 saturated carbocycles. The molecule has 8 nitrogen and oxygen atoms in total. The molecule has 2 aliphatic rings. The average Bonchev–Trinajstić information content (AvgIpc) is 3.35. The molecule has 0 amide bonds. The summed E-state index contributed by atoms with van der Waals surface area (Å²) in [5, 5.41) is 3.68. The minimum Gasteiger partial charge on any atom is -0.465 e. The molecule has 2 aromatic carbocycles. The van der Waals surface area contributed by atoms with Crippen molar-refractivity contribution in [2.24, 2.45) is 5.41 Å². The Kier molecular flexibility index (Phi) is 8.28. The third kappa shape index (κ3) is 6.51. The Labute approximate surface area is 241 Å². The predicted octanol–water partition coefficient (Wildman–Crippen LogP) is 5.57. The van der Waals surface area contributed by atoms with Gasteiger partial charge in [0.2, 0.25) is 17.9 Å². The number of nitrogens with two attached hydrogens (primary N) is 1. The summed E-state index contributed by atoms with van der Waals surface area (Å²) >= 11 is 6.12. The Morgan fingerprint density at radius 1 is 1.17 bits per heavy atom. The van der Waals surface area contributed by atoms with Crippen molar-refractivity contribution in [1.29, 1.82) is 0 Å². The molecule has 5 rings (SSSR count). The standard InChI is InChI=1S/C29H31ClF3N5O3/c1-2-40-26(39)22-16-28(17-35-22)10-12-38(13-11-28)23-15-24(37-27(34)36-23)41-25(29(31,32)33)21-9-4-3-8-20(21)18-6-5-7-19(30)14-18/h3-9,14-15,22,25,35H,2,10-13,16-17H2,1H3,(H2,34,36,37)/t22?,25-/m1/s1. The van der Waals surface area contributed by atoms with E-state index in [1.807, 2.05) is 4.90 Å². The van der Waals surface area contributed by atoms with E-state index in [0.29, 0.717) is 54.6 Å². The number of alkyl halides is 3. The van der Waals surface area contributed by atoms with Crippen molar-refractivity contribution in [3.8, 4) is 17.0 Å². The highest BCUT2D eigenvalue weighted by atomic mass is 35.5. The van der Waals surface area contributed by atoms with Crippen LogP contribution >= 0.6 is 11.6 Å². The Morgan fingerprint density at radius 3 is 2.63 bits per heavy atom. The number of carbonyl (C=O) groups is 1. The molecule has 2 fully saturated rings. The number of benzene rings is 2. The van der Waals surface area contributed by atoms with Crippen molar-refractivity contribution >= 4 is 29.3 Å². The van der Waals surface area contributed by atoms with E-state index < -0.39 is 12.3 Å². The van der Waals surface area contributed by atoms with Crippen LogP contribution in [0, 0.1) is 5.41 Å². The van der Waals surface area contributed by atoms with Crippen LogP contribution in [0.25, 0.3) is 11.1 Å². The summed E-state index contributed by atoms with van der Waals surface area (Å²) in [6.45, 7) is 3.99. The summed E-state index contributed by atoms with van der Waals surface area (Å²) < 4.78 is 54.1. The third-order valence-corrected chi connectivity index (χ3v) is 7.94. The van der Waals surface area contributed by atoms with Crippen LogP contribution in [0.15, 0.2) is 54.6 Å². The summed E-state index contributed by atoms with van der Waals surface area (Å²) in [6, 6.07) is 13.8. The third-order valence-electron chi connectivity index (χ3n) is 7.70. The molecule has 2 saturated heterocycles. The molecule has 1 unspecified atom stereocenters. The second-order valence-corrected chi connectivity index (χ2v) is 10.9. The molecule has 0 bridgehead atoms. The smallest absolute Gasteiger partial charge is 0.429 e. The van der Waals surface area contributed by atoms with E-state index in [9.17, 15) is 18.0 Å². The minimum atomic E-state index is -4.75. The first kappa shape index (κ1) is 28.9. The van der Waals surface area contributed by atoms with Crippen molar-refractivity contribution in [3.63, 3.8) is 0 Å². The lowest BCUT2D eigenvalue weighted by Gasteiger charge is -2.39. The van der Waals surface area contributed by atoms with Gasteiger partial charge in [-0.1, -0.05) is 48.0 Å². The Hall–Kier alpha value is -3.57. The van der Waals surface area contributed by atoms with Gasteiger partial charge in [-0.3, -0.25) is 4.79 Å². The normalized spacial score (nSPS) is 19.2. The van der Waals surface area contributed by atoms with E-state index >= 15 is 0 Å². The Balaban J connectivity index is 1.36. The maximum absolute atomic E-state index is 14.5. The lowest BCUT2D eigenvalue weighted by molar-refractivity contribution is -0.198. The Bertz CT molecular complexity index is 1400. The van der Waals surface area contributed by atoms with Gasteiger partial charge in [0.15, 0.2) is 0 Å². The first-order chi connectivity index (χ1) is 19.6. The van der Waals surface area contributed by atoms with Crippen LogP contribution in [0.2, 0.25) is 5.02 Å². The van der Waals surface area contributed by atoms with Crippen LogP contribution in [-0.2, 0) is 9.53 Å². The molecule has 0 radical (unpaired) electrons. The zero-order valence-electron chi connectivity index (χ0n) is 22.5. The number of hydrogen-bond donors (Lipinski definition) is 2. The van der Waals surface area contributed by atoms with Crippen LogP contribution < -0.4 is 20.7 Å². The van der Waals surface area contributed by atoms with Crippen molar-refractivity contribution in [3.05, 3.63) is 65.2 Å². The van der Waals surface area contributed by atoms with Gasteiger partial charge in [-0.05, 0) is 54.9 Å². The summed E-state index contributed by atoms with van der Waals surface area (Å²) in [4.78, 5) is 22.4. The number of rotatable bonds is 7. The van der Waals surface area contributed by atoms with Crippen LogP contribution in [0.4, 0.5) is 24.9 Å². The van der Waals surface area contributed by atoms with Crippen LogP contribution in [0.5, 0.6) is 5.88 Å². The number of esters is 1. The van der Waals surface area contributed by atoms with Gasteiger partial charge in [0, 0.05) is 36.3 Å². The molecule has 3 N–H and O–H groups in total. The number of piperidine rings is 1. The van der Waals surface area contributed by atoms with E-state index in [2.05, 4.69) is 15.3 Å². The first-order valence-electron chi connectivity index (χ1n) is 13.4. The Morgan fingerprint density at radius 2 is 1.93 bits per heavy atom. The minimum absolute atomic E-state index is 0.0583. The molecule has 41 heavy (non-hydrogen) atoms. The van der Waals surface area contributed by atoms with Gasteiger partial charge < -0.3 is 25.4 Å². The average molecular weight is 590 g/mol. The molecule has 3 aromatic rings. The van der Waals surface area contributed by atoms with Gasteiger partial charge >= 0.3 is 12.1 Å². The molecule has 12 heteroatoms. The lowest BCUT2D eigenvalue weighted by atomic mass is 9.76.